The van der Waals surface area contributed by atoms with Crippen LogP contribution in [0, 0.1) is 12.8 Å². The predicted molar refractivity (Wildman–Crippen MR) is 121 cm³/mol. The largest absolute Gasteiger partial charge is 0.337 e. The summed E-state index contributed by atoms with van der Waals surface area (Å²) >= 11 is 1.44. The van der Waals surface area contributed by atoms with Gasteiger partial charge in [0.1, 0.15) is 9.88 Å². The molecule has 0 spiro atoms. The van der Waals surface area contributed by atoms with E-state index in [1.165, 1.54) is 16.9 Å². The molecule has 0 radical (unpaired) electrons. The van der Waals surface area contributed by atoms with Crippen molar-refractivity contribution in [1.82, 2.24) is 19.7 Å². The Morgan fingerprint density at radius 1 is 1.24 bits per heavy atom. The van der Waals surface area contributed by atoms with Gasteiger partial charge in [-0.1, -0.05) is 30.3 Å². The number of amides is 1. The van der Waals surface area contributed by atoms with Crippen molar-refractivity contribution in [2.24, 2.45) is 18.7 Å². The normalized spacial score (nSPS) is 18.2. The van der Waals surface area contributed by atoms with Gasteiger partial charge < -0.3 is 10.6 Å². The van der Waals surface area contributed by atoms with E-state index in [9.17, 15) is 4.79 Å². The number of nitrogens with two attached hydrogens (primary N) is 1. The third-order valence-electron chi connectivity index (χ3n) is 5.20. The van der Waals surface area contributed by atoms with Gasteiger partial charge in [0.15, 0.2) is 0 Å². The van der Waals surface area contributed by atoms with Gasteiger partial charge in [-0.25, -0.2) is 4.98 Å². The minimum absolute atomic E-state index is 0. The van der Waals surface area contributed by atoms with Gasteiger partial charge in [-0.2, -0.15) is 5.10 Å². The van der Waals surface area contributed by atoms with Gasteiger partial charge in [-0.3, -0.25) is 9.48 Å². The first-order valence-corrected chi connectivity index (χ1v) is 9.89. The Balaban J connectivity index is 0.00000150. The lowest BCUT2D eigenvalue weighted by Crippen LogP contribution is -2.29. The fraction of sp³-hybridized carbons (Fsp3) is 0.350. The molecule has 1 aromatic carbocycles. The van der Waals surface area contributed by atoms with Gasteiger partial charge >= 0.3 is 0 Å². The van der Waals surface area contributed by atoms with E-state index in [1.54, 1.807) is 10.9 Å². The molecule has 3 heterocycles. The maximum absolute atomic E-state index is 13.2. The Morgan fingerprint density at radius 3 is 2.59 bits per heavy atom. The van der Waals surface area contributed by atoms with E-state index < -0.39 is 0 Å². The molecule has 9 heteroatoms. The molecule has 1 aliphatic rings. The molecular formula is C20H25Cl2N5OS. The zero-order chi connectivity index (χ0) is 19.0. The number of hydrogen-bond acceptors (Lipinski definition) is 5. The predicted octanol–water partition coefficient (Wildman–Crippen LogP) is 3.51. The van der Waals surface area contributed by atoms with E-state index >= 15 is 0 Å². The molecule has 6 nitrogen and oxygen atoms in total. The quantitative estimate of drug-likeness (QED) is 0.655. The lowest BCUT2D eigenvalue weighted by molar-refractivity contribution is 0.0790. The highest BCUT2D eigenvalue weighted by Gasteiger charge is 2.36. The molecule has 29 heavy (non-hydrogen) atoms. The number of halogens is 2. The van der Waals surface area contributed by atoms with Crippen LogP contribution in [0.25, 0.3) is 10.6 Å². The smallest absolute Gasteiger partial charge is 0.265 e. The molecule has 0 saturated carbocycles. The van der Waals surface area contributed by atoms with Crippen molar-refractivity contribution >= 4 is 42.1 Å². The second-order valence-corrected chi connectivity index (χ2v) is 8.06. The van der Waals surface area contributed by atoms with Crippen LogP contribution in [-0.2, 0) is 7.05 Å². The van der Waals surface area contributed by atoms with E-state index in [0.29, 0.717) is 24.5 Å². The van der Waals surface area contributed by atoms with E-state index in [4.69, 9.17) is 5.73 Å². The molecule has 3 aromatic rings. The van der Waals surface area contributed by atoms with Crippen molar-refractivity contribution in [2.45, 2.75) is 12.8 Å². The monoisotopic (exact) mass is 453 g/mol. The summed E-state index contributed by atoms with van der Waals surface area (Å²) in [7, 11) is 1.87. The number of likely N-dealkylation sites (tertiary alicyclic amines) is 1. The first-order valence-electron chi connectivity index (χ1n) is 9.07. The fourth-order valence-electron chi connectivity index (χ4n) is 3.75. The number of aryl methyl sites for hydroxylation is 2. The third kappa shape index (κ3) is 4.64. The van der Waals surface area contributed by atoms with E-state index in [2.05, 4.69) is 22.2 Å². The van der Waals surface area contributed by atoms with Gasteiger partial charge in [-0.15, -0.1) is 36.2 Å². The summed E-state index contributed by atoms with van der Waals surface area (Å²) in [6.07, 6.45) is 3.69. The van der Waals surface area contributed by atoms with Gasteiger partial charge in [0.05, 0.1) is 11.9 Å². The van der Waals surface area contributed by atoms with Crippen LogP contribution in [0.1, 0.15) is 26.8 Å². The molecule has 0 aliphatic carbocycles. The number of carbonyl (C=O) groups excluding carboxylic acids is 1. The van der Waals surface area contributed by atoms with Crippen LogP contribution in [0.3, 0.4) is 0 Å². The molecule has 2 aromatic heterocycles. The maximum Gasteiger partial charge on any atom is 0.265 e. The van der Waals surface area contributed by atoms with Crippen molar-refractivity contribution in [3.8, 4) is 10.6 Å². The summed E-state index contributed by atoms with van der Waals surface area (Å²) in [5.41, 5.74) is 8.98. The molecular weight excluding hydrogens is 429 g/mol. The summed E-state index contributed by atoms with van der Waals surface area (Å²) in [5, 5.41) is 5.02. The molecule has 156 valence electrons. The summed E-state index contributed by atoms with van der Waals surface area (Å²) in [6, 6.07) is 10.3. The van der Waals surface area contributed by atoms with Crippen LogP contribution >= 0.6 is 36.2 Å². The van der Waals surface area contributed by atoms with E-state index in [0.717, 1.165) is 16.3 Å². The Morgan fingerprint density at radius 2 is 1.97 bits per heavy atom. The second kappa shape index (κ2) is 9.71. The number of carbonyl (C=O) groups is 1. The average Bonchev–Trinajstić information content (AvgIpc) is 3.39. The zero-order valence-corrected chi connectivity index (χ0v) is 18.8. The van der Waals surface area contributed by atoms with Gasteiger partial charge in [0.2, 0.25) is 0 Å². The maximum atomic E-state index is 13.2. The number of benzene rings is 1. The minimum atomic E-state index is 0. The summed E-state index contributed by atoms with van der Waals surface area (Å²) in [5.74, 6) is 0.616. The van der Waals surface area contributed by atoms with Crippen LogP contribution < -0.4 is 5.73 Å². The lowest BCUT2D eigenvalue weighted by Gasteiger charge is -2.16. The fourth-order valence-corrected chi connectivity index (χ4v) is 4.76. The van der Waals surface area contributed by atoms with Crippen molar-refractivity contribution in [2.75, 3.05) is 19.6 Å². The molecule has 1 fully saturated rings. The summed E-state index contributed by atoms with van der Waals surface area (Å²) in [4.78, 5) is 20.4. The van der Waals surface area contributed by atoms with Crippen molar-refractivity contribution < 1.29 is 4.79 Å². The Kier molecular flexibility index (Phi) is 7.82. The molecule has 2 atom stereocenters. The van der Waals surface area contributed by atoms with Crippen LogP contribution in [0.2, 0.25) is 0 Å². The number of aromatic nitrogens is 3. The van der Waals surface area contributed by atoms with E-state index in [-0.39, 0.29) is 42.6 Å². The molecule has 1 saturated heterocycles. The standard InChI is InChI=1S/C20H23N5OS.2ClH/c1-13-18(27-19(23-13)16-9-22-24(2)10-16)20(26)25-11-15(8-21)17(12-25)14-6-4-3-5-7-14;;/h3-7,9-10,15,17H,8,11-12,21H2,1-2H3;2*1H/t15-,17+;;/m1../s1. The SMILES string of the molecule is Cc1nc(-c2cnn(C)c2)sc1C(=O)N1C[C@@H](CN)[C@H](c2ccccc2)C1.Cl.Cl. The Bertz CT molecular complexity index is 959. The summed E-state index contributed by atoms with van der Waals surface area (Å²) in [6.45, 7) is 3.86. The van der Waals surface area contributed by atoms with E-state index in [1.807, 2.05) is 43.3 Å². The van der Waals surface area contributed by atoms with Crippen LogP contribution in [0.5, 0.6) is 0 Å². The number of nitrogens with zero attached hydrogens (tertiary/aromatic N) is 4. The highest BCUT2D eigenvalue weighted by atomic mass is 35.5. The molecule has 1 aliphatic heterocycles. The molecule has 2 N–H and O–H groups in total. The van der Waals surface area contributed by atoms with Crippen molar-refractivity contribution in [3.05, 3.63) is 58.9 Å². The highest BCUT2D eigenvalue weighted by Crippen LogP contribution is 2.35. The van der Waals surface area contributed by atoms with Crippen molar-refractivity contribution in [3.63, 3.8) is 0 Å². The van der Waals surface area contributed by atoms with Crippen molar-refractivity contribution in [1.29, 1.82) is 0 Å². The Labute approximate surface area is 186 Å². The topological polar surface area (TPSA) is 77.0 Å². The van der Waals surface area contributed by atoms with Gasteiger partial charge in [0.25, 0.3) is 5.91 Å². The highest BCUT2D eigenvalue weighted by molar-refractivity contribution is 7.17. The number of thiazole rings is 1. The molecule has 4 rings (SSSR count). The average molecular weight is 454 g/mol. The first kappa shape index (κ1) is 23.3. The van der Waals surface area contributed by atoms with Gasteiger partial charge in [0, 0.05) is 37.8 Å². The zero-order valence-electron chi connectivity index (χ0n) is 16.3. The lowest BCUT2D eigenvalue weighted by atomic mass is 9.89. The first-order chi connectivity index (χ1) is 13.1. The molecule has 1 amide bonds. The second-order valence-electron chi connectivity index (χ2n) is 7.06. The Hall–Kier alpha value is -1.93. The van der Waals surface area contributed by atoms with Crippen LogP contribution in [0.4, 0.5) is 0 Å². The molecule has 0 bridgehead atoms. The molecule has 0 unspecified atom stereocenters. The number of rotatable bonds is 4. The summed E-state index contributed by atoms with van der Waals surface area (Å²) < 4.78 is 1.74. The number of hydrogen-bond donors (Lipinski definition) is 1. The van der Waals surface area contributed by atoms with Crippen LogP contribution in [0.15, 0.2) is 42.7 Å². The van der Waals surface area contributed by atoms with Gasteiger partial charge in [-0.05, 0) is 24.9 Å². The minimum Gasteiger partial charge on any atom is -0.337 e. The van der Waals surface area contributed by atoms with Crippen LogP contribution in [-0.4, -0.2) is 45.2 Å². The third-order valence-corrected chi connectivity index (χ3v) is 6.40.